The fourth-order valence-electron chi connectivity index (χ4n) is 1.84. The van der Waals surface area contributed by atoms with E-state index in [2.05, 4.69) is 10.3 Å². The van der Waals surface area contributed by atoms with Gasteiger partial charge < -0.3 is 15.2 Å². The van der Waals surface area contributed by atoms with Crippen LogP contribution in [-0.2, 0) is 0 Å². The van der Waals surface area contributed by atoms with E-state index < -0.39 is 0 Å². The van der Waals surface area contributed by atoms with Crippen LogP contribution in [0.1, 0.15) is 19.4 Å². The maximum absolute atomic E-state index is 8.83. The van der Waals surface area contributed by atoms with E-state index in [1.54, 1.807) is 24.4 Å². The molecule has 0 spiro atoms. The molecule has 0 saturated heterocycles. The fourth-order valence-corrected chi connectivity index (χ4v) is 2.01. The molecule has 23 heavy (non-hydrogen) atoms. The van der Waals surface area contributed by atoms with Gasteiger partial charge in [-0.3, -0.25) is 0 Å². The molecule has 0 saturated carbocycles. The normalized spacial score (nSPS) is 10.6. The van der Waals surface area contributed by atoms with Gasteiger partial charge in [0.1, 0.15) is 18.2 Å². The molecule has 2 rings (SSSR count). The molecule has 0 unspecified atom stereocenters. The maximum Gasteiger partial charge on any atom is 0.140 e. The van der Waals surface area contributed by atoms with E-state index in [-0.39, 0.29) is 0 Å². The van der Waals surface area contributed by atoms with Crippen molar-refractivity contribution in [3.8, 4) is 5.75 Å². The predicted octanol–water partition coefficient (Wildman–Crippen LogP) is 5.35. The Morgan fingerprint density at radius 1 is 1.30 bits per heavy atom. The molecule has 0 amide bonds. The first kappa shape index (κ1) is 16.9. The van der Waals surface area contributed by atoms with Gasteiger partial charge in [0.15, 0.2) is 0 Å². The molecule has 4 nitrogen and oxygen atoms in total. The lowest BCUT2D eigenvalue weighted by atomic mass is 10.2. The van der Waals surface area contributed by atoms with Crippen LogP contribution in [0.5, 0.6) is 5.75 Å². The first-order valence-electron chi connectivity index (χ1n) is 7.18. The van der Waals surface area contributed by atoms with E-state index in [0.717, 1.165) is 17.5 Å². The Morgan fingerprint density at radius 2 is 2.13 bits per heavy atom. The Bertz CT molecular complexity index is 723. The molecule has 0 radical (unpaired) electrons. The van der Waals surface area contributed by atoms with Crippen molar-refractivity contribution in [3.05, 3.63) is 65.0 Å². The van der Waals surface area contributed by atoms with Gasteiger partial charge in [0, 0.05) is 18.0 Å². The van der Waals surface area contributed by atoms with Gasteiger partial charge in [0.25, 0.3) is 0 Å². The molecule has 0 aliphatic heterocycles. The summed E-state index contributed by atoms with van der Waals surface area (Å²) in [6.07, 6.45) is 6.24. The van der Waals surface area contributed by atoms with Crippen LogP contribution in [0, 0.1) is 0 Å². The van der Waals surface area contributed by atoms with E-state index in [4.69, 9.17) is 21.4 Å². The maximum atomic E-state index is 8.83. The summed E-state index contributed by atoms with van der Waals surface area (Å²) in [5.74, 6) is 1.28. The Labute approximate surface area is 141 Å². The number of anilines is 2. The topological polar surface area (TPSA) is 54.4 Å². The number of pyridine rings is 1. The zero-order chi connectivity index (χ0) is 16.7. The van der Waals surface area contributed by atoms with Crippen molar-refractivity contribution in [2.45, 2.75) is 13.8 Å². The lowest BCUT2D eigenvalue weighted by Crippen LogP contribution is -1.97. The number of aliphatic hydroxyl groups is 1. The third-order valence-corrected chi connectivity index (χ3v) is 3.30. The molecule has 120 valence electrons. The number of rotatable bonds is 6. The Balaban J connectivity index is 2.14. The molecule has 1 heterocycles. The standard InChI is InChI=1S/C18H19ClN2O2/c1-13(2)7-10-23-17-12-15(3-4-16(17)19)21-18-11-14(6-9-22)5-8-20-18/h3-9,11-12,22H,10H2,1-2H3,(H,20,21)/b9-6-. The van der Waals surface area contributed by atoms with Crippen LogP contribution in [0.3, 0.4) is 0 Å². The zero-order valence-corrected chi connectivity index (χ0v) is 13.8. The SMILES string of the molecule is CC(C)=CCOc1cc(Nc2cc(/C=C\O)ccn2)ccc1Cl. The third-order valence-electron chi connectivity index (χ3n) is 2.99. The summed E-state index contributed by atoms with van der Waals surface area (Å²) in [6.45, 7) is 4.51. The lowest BCUT2D eigenvalue weighted by molar-refractivity contribution is 0.362. The lowest BCUT2D eigenvalue weighted by Gasteiger charge is -2.10. The highest BCUT2D eigenvalue weighted by Crippen LogP contribution is 2.29. The van der Waals surface area contributed by atoms with E-state index in [0.29, 0.717) is 23.2 Å². The van der Waals surface area contributed by atoms with Gasteiger partial charge in [-0.15, -0.1) is 0 Å². The van der Waals surface area contributed by atoms with Gasteiger partial charge in [-0.2, -0.15) is 0 Å². The van der Waals surface area contributed by atoms with Gasteiger partial charge in [0.05, 0.1) is 11.3 Å². The molecule has 0 aliphatic rings. The molecule has 0 fully saturated rings. The first-order chi connectivity index (χ1) is 11.1. The highest BCUT2D eigenvalue weighted by molar-refractivity contribution is 6.32. The largest absolute Gasteiger partial charge is 0.516 e. The molecule has 2 N–H and O–H groups in total. The van der Waals surface area contributed by atoms with Crippen LogP contribution >= 0.6 is 11.6 Å². The number of nitrogens with zero attached hydrogens (tertiary/aromatic N) is 1. The smallest absolute Gasteiger partial charge is 0.140 e. The average Bonchev–Trinajstić information content (AvgIpc) is 2.51. The summed E-state index contributed by atoms with van der Waals surface area (Å²) in [6, 6.07) is 9.09. The van der Waals surface area contributed by atoms with Gasteiger partial charge in [-0.1, -0.05) is 17.2 Å². The monoisotopic (exact) mass is 330 g/mol. The van der Waals surface area contributed by atoms with E-state index in [1.807, 2.05) is 38.1 Å². The number of ether oxygens (including phenoxy) is 1. The number of allylic oxidation sites excluding steroid dienone is 1. The zero-order valence-electron chi connectivity index (χ0n) is 13.1. The number of hydrogen-bond acceptors (Lipinski definition) is 4. The number of aromatic nitrogens is 1. The Morgan fingerprint density at radius 3 is 2.87 bits per heavy atom. The highest BCUT2D eigenvalue weighted by atomic mass is 35.5. The second-order valence-electron chi connectivity index (χ2n) is 5.15. The van der Waals surface area contributed by atoms with E-state index >= 15 is 0 Å². The van der Waals surface area contributed by atoms with Gasteiger partial charge in [-0.25, -0.2) is 4.98 Å². The number of halogens is 1. The molecule has 1 aromatic carbocycles. The summed E-state index contributed by atoms with van der Waals surface area (Å²) < 4.78 is 5.68. The van der Waals surface area contributed by atoms with Crippen LogP contribution in [-0.4, -0.2) is 16.7 Å². The number of benzene rings is 1. The van der Waals surface area contributed by atoms with Crippen LogP contribution < -0.4 is 10.1 Å². The Hall–Kier alpha value is -2.46. The molecule has 2 aromatic rings. The molecular formula is C18H19ClN2O2. The van der Waals surface area contributed by atoms with Crippen molar-refractivity contribution in [1.29, 1.82) is 0 Å². The fraction of sp³-hybridized carbons (Fsp3) is 0.167. The van der Waals surface area contributed by atoms with Crippen LogP contribution in [0.4, 0.5) is 11.5 Å². The molecule has 0 bridgehead atoms. The highest BCUT2D eigenvalue weighted by Gasteiger charge is 2.04. The Kier molecular flexibility index (Phi) is 6.06. The average molecular weight is 331 g/mol. The summed E-state index contributed by atoms with van der Waals surface area (Å²) in [7, 11) is 0. The van der Waals surface area contributed by atoms with Gasteiger partial charge >= 0.3 is 0 Å². The molecule has 5 heteroatoms. The third kappa shape index (κ3) is 5.34. The van der Waals surface area contributed by atoms with Crippen LogP contribution in [0.15, 0.2) is 54.4 Å². The van der Waals surface area contributed by atoms with Crippen molar-refractivity contribution in [1.82, 2.24) is 4.98 Å². The second kappa shape index (κ2) is 8.25. The molecule has 1 aromatic heterocycles. The van der Waals surface area contributed by atoms with Crippen molar-refractivity contribution in [3.63, 3.8) is 0 Å². The van der Waals surface area contributed by atoms with Crippen LogP contribution in [0.25, 0.3) is 6.08 Å². The minimum atomic E-state index is 0.473. The number of nitrogens with one attached hydrogen (secondary N) is 1. The first-order valence-corrected chi connectivity index (χ1v) is 7.56. The van der Waals surface area contributed by atoms with E-state index in [1.165, 1.54) is 5.57 Å². The van der Waals surface area contributed by atoms with Gasteiger partial charge in [-0.05, 0) is 55.8 Å². The minimum absolute atomic E-state index is 0.473. The number of hydrogen-bond donors (Lipinski definition) is 2. The summed E-state index contributed by atoms with van der Waals surface area (Å²) in [5.41, 5.74) is 2.85. The summed E-state index contributed by atoms with van der Waals surface area (Å²) in [4.78, 5) is 4.24. The molecule has 0 atom stereocenters. The second-order valence-corrected chi connectivity index (χ2v) is 5.56. The van der Waals surface area contributed by atoms with Crippen molar-refractivity contribution in [2.75, 3.05) is 11.9 Å². The van der Waals surface area contributed by atoms with Crippen molar-refractivity contribution >= 4 is 29.2 Å². The molecular weight excluding hydrogens is 312 g/mol. The summed E-state index contributed by atoms with van der Waals surface area (Å²) >= 11 is 6.15. The van der Waals surface area contributed by atoms with Crippen molar-refractivity contribution in [2.24, 2.45) is 0 Å². The molecule has 0 aliphatic carbocycles. The van der Waals surface area contributed by atoms with Crippen LogP contribution in [0.2, 0.25) is 5.02 Å². The van der Waals surface area contributed by atoms with Gasteiger partial charge in [0.2, 0.25) is 0 Å². The quantitative estimate of drug-likeness (QED) is 0.553. The summed E-state index contributed by atoms with van der Waals surface area (Å²) in [5, 5.41) is 12.6. The predicted molar refractivity (Wildman–Crippen MR) is 95.6 cm³/mol. The van der Waals surface area contributed by atoms with E-state index in [9.17, 15) is 0 Å². The van der Waals surface area contributed by atoms with Crippen molar-refractivity contribution < 1.29 is 9.84 Å². The minimum Gasteiger partial charge on any atom is -0.516 e. The number of aliphatic hydroxyl groups excluding tert-OH is 1.